The number of carbonyl (C=O) groups is 2. The summed E-state index contributed by atoms with van der Waals surface area (Å²) in [5.41, 5.74) is 0.788. The van der Waals surface area contributed by atoms with E-state index < -0.39 is 0 Å². The van der Waals surface area contributed by atoms with Gasteiger partial charge in [0.25, 0.3) is 0 Å². The van der Waals surface area contributed by atoms with Crippen molar-refractivity contribution in [2.75, 3.05) is 36.7 Å². The molecular weight excluding hydrogens is 490 g/mol. The number of methoxy groups -OCH3 is 1. The molecule has 2 amide bonds. The molecule has 2 aromatic rings. The second-order valence-corrected chi connectivity index (χ2v) is 9.68. The Bertz CT molecular complexity index is 828. The van der Waals surface area contributed by atoms with Crippen molar-refractivity contribution in [2.24, 2.45) is 5.92 Å². The van der Waals surface area contributed by atoms with Crippen LogP contribution in [0.1, 0.15) is 25.7 Å². The molecule has 2 N–H and O–H groups in total. The molecule has 0 unspecified atom stereocenters. The predicted molar refractivity (Wildman–Crippen MR) is 126 cm³/mol. The number of aliphatic hydroxyl groups is 1. The highest BCUT2D eigenvalue weighted by molar-refractivity contribution is 9.10. The van der Waals surface area contributed by atoms with E-state index in [4.69, 9.17) is 9.84 Å². The lowest BCUT2D eigenvalue weighted by Crippen LogP contribution is -2.38. The van der Waals surface area contributed by atoms with Gasteiger partial charge in [0.05, 0.1) is 27.7 Å². The number of carbonyl (C=O) groups excluding carboxylic acids is 2. The maximum Gasteiger partial charge on any atom is 0.328 e. The van der Waals surface area contributed by atoms with Gasteiger partial charge in [0.1, 0.15) is 12.0 Å². The number of ether oxygens (including phenoxy) is 1. The average molecular weight is 516 g/mol. The number of nitrogens with zero attached hydrogens (tertiary/aromatic N) is 2. The minimum Gasteiger partial charge on any atom is -0.495 e. The molecule has 1 aromatic carbocycles. The van der Waals surface area contributed by atoms with Crippen LogP contribution in [0.3, 0.4) is 0 Å². The Morgan fingerprint density at radius 3 is 2.83 bits per heavy atom. The van der Waals surface area contributed by atoms with E-state index >= 15 is 0 Å². The Labute approximate surface area is 193 Å². The molecule has 3 rings (SSSR count). The first kappa shape index (κ1) is 24.6. The zero-order valence-electron chi connectivity index (χ0n) is 17.0. The predicted octanol–water partition coefficient (Wildman–Crippen LogP) is 5.04. The molecule has 1 fully saturated rings. The average Bonchev–Trinajstić information content (AvgIpc) is 3.44. The highest BCUT2D eigenvalue weighted by Crippen LogP contribution is 2.33. The largest absolute Gasteiger partial charge is 0.495 e. The van der Waals surface area contributed by atoms with Crippen molar-refractivity contribution >= 4 is 62.2 Å². The molecule has 0 atom stereocenters. The van der Waals surface area contributed by atoms with Gasteiger partial charge < -0.3 is 14.6 Å². The number of hydrogen-bond acceptors (Lipinski definition) is 7. The van der Waals surface area contributed by atoms with Crippen LogP contribution in [0.25, 0.3) is 0 Å². The summed E-state index contributed by atoms with van der Waals surface area (Å²) in [7, 11) is 2.61. The van der Waals surface area contributed by atoms with E-state index in [0.717, 1.165) is 40.6 Å². The summed E-state index contributed by atoms with van der Waals surface area (Å²) in [6, 6.07) is 5.46. The van der Waals surface area contributed by atoms with Crippen LogP contribution in [0, 0.1) is 5.92 Å². The Balaban J connectivity index is 0.00000155. The number of aromatic nitrogens is 1. The molecule has 7 nitrogen and oxygen atoms in total. The molecular formula is C20H26BrN3O4S2. The van der Waals surface area contributed by atoms with Crippen LogP contribution in [-0.4, -0.2) is 48.9 Å². The fourth-order valence-electron chi connectivity index (χ4n) is 3.23. The highest BCUT2D eigenvalue weighted by atomic mass is 79.9. The molecule has 0 saturated heterocycles. The number of anilines is 2. The third-order valence-corrected chi connectivity index (χ3v) is 7.26. The molecule has 164 valence electrons. The monoisotopic (exact) mass is 515 g/mol. The van der Waals surface area contributed by atoms with Gasteiger partial charge in [-0.15, -0.1) is 11.8 Å². The zero-order valence-corrected chi connectivity index (χ0v) is 20.2. The van der Waals surface area contributed by atoms with E-state index in [1.807, 2.05) is 18.2 Å². The van der Waals surface area contributed by atoms with Crippen molar-refractivity contribution in [3.05, 3.63) is 28.9 Å². The molecule has 1 aromatic heterocycles. The Morgan fingerprint density at radius 1 is 1.43 bits per heavy atom. The van der Waals surface area contributed by atoms with Crippen molar-refractivity contribution in [1.29, 1.82) is 0 Å². The lowest BCUT2D eigenvalue weighted by molar-refractivity contribution is -0.105. The summed E-state index contributed by atoms with van der Waals surface area (Å²) < 4.78 is 7.14. The highest BCUT2D eigenvalue weighted by Gasteiger charge is 2.24. The number of rotatable bonds is 8. The quantitative estimate of drug-likeness (QED) is 0.377. The Kier molecular flexibility index (Phi) is 10.6. The Hall–Kier alpha value is -1.62. The minimum atomic E-state index is -0.211. The van der Waals surface area contributed by atoms with Gasteiger partial charge in [0.2, 0.25) is 0 Å². The van der Waals surface area contributed by atoms with E-state index in [2.05, 4.69) is 26.2 Å². The smallest absolute Gasteiger partial charge is 0.328 e. The third kappa shape index (κ3) is 6.97. The van der Waals surface area contributed by atoms with Crippen molar-refractivity contribution in [2.45, 2.75) is 29.9 Å². The summed E-state index contributed by atoms with van der Waals surface area (Å²) in [5.74, 6) is 1.56. The maximum atomic E-state index is 13.1. The van der Waals surface area contributed by atoms with Crippen molar-refractivity contribution in [3.8, 4) is 5.75 Å². The Morgan fingerprint density at radius 2 is 2.17 bits per heavy atom. The number of nitrogens with one attached hydrogen (secondary N) is 1. The number of aldehydes is 1. The number of benzene rings is 1. The second-order valence-electron chi connectivity index (χ2n) is 6.47. The van der Waals surface area contributed by atoms with Crippen molar-refractivity contribution in [1.82, 2.24) is 4.98 Å². The topological polar surface area (TPSA) is 91.8 Å². The van der Waals surface area contributed by atoms with Crippen LogP contribution >= 0.6 is 39.0 Å². The van der Waals surface area contributed by atoms with E-state index in [1.54, 1.807) is 18.2 Å². The van der Waals surface area contributed by atoms with Crippen LogP contribution in [0.4, 0.5) is 15.6 Å². The van der Waals surface area contributed by atoms with Gasteiger partial charge in [-0.2, -0.15) is 0 Å². The fourth-order valence-corrected chi connectivity index (χ4v) is 5.22. The van der Waals surface area contributed by atoms with Gasteiger partial charge >= 0.3 is 6.03 Å². The first-order valence-corrected chi connectivity index (χ1v) is 12.1. The van der Waals surface area contributed by atoms with Gasteiger partial charge in [-0.05, 0) is 46.8 Å². The number of amides is 2. The first-order chi connectivity index (χ1) is 14.6. The van der Waals surface area contributed by atoms with Crippen LogP contribution in [0.2, 0.25) is 0 Å². The molecule has 30 heavy (non-hydrogen) atoms. The van der Waals surface area contributed by atoms with Crippen LogP contribution in [-0.2, 0) is 4.79 Å². The lowest BCUT2D eigenvalue weighted by atomic mass is 10.1. The van der Waals surface area contributed by atoms with Gasteiger partial charge in [0, 0.05) is 25.4 Å². The SMILES string of the molecule is CO.COc1cc(N(CC2CCCC2)C(=O)Nc2ncc(SCC=O)s2)ccc1Br. The van der Waals surface area contributed by atoms with Crippen molar-refractivity contribution < 1.29 is 19.4 Å². The normalized spacial score (nSPS) is 13.3. The van der Waals surface area contributed by atoms with E-state index in [1.165, 1.54) is 35.9 Å². The van der Waals surface area contributed by atoms with E-state index in [-0.39, 0.29) is 6.03 Å². The number of halogens is 1. The molecule has 0 bridgehead atoms. The minimum absolute atomic E-state index is 0.211. The van der Waals surface area contributed by atoms with E-state index in [0.29, 0.717) is 29.1 Å². The maximum absolute atomic E-state index is 13.1. The third-order valence-electron chi connectivity index (χ3n) is 4.60. The van der Waals surface area contributed by atoms with Crippen LogP contribution in [0.15, 0.2) is 33.1 Å². The summed E-state index contributed by atoms with van der Waals surface area (Å²) in [5, 5.41) is 10.4. The lowest BCUT2D eigenvalue weighted by Gasteiger charge is -2.26. The zero-order chi connectivity index (χ0) is 21.9. The number of hydrogen-bond donors (Lipinski definition) is 2. The molecule has 1 heterocycles. The van der Waals surface area contributed by atoms with Crippen LogP contribution < -0.4 is 15.0 Å². The molecule has 0 radical (unpaired) electrons. The molecule has 0 spiro atoms. The molecule has 0 aliphatic heterocycles. The number of urea groups is 1. The van der Waals surface area contributed by atoms with Gasteiger partial charge in [-0.25, -0.2) is 9.78 Å². The molecule has 1 saturated carbocycles. The number of thiazole rings is 1. The summed E-state index contributed by atoms with van der Waals surface area (Å²) in [6.45, 7) is 0.661. The summed E-state index contributed by atoms with van der Waals surface area (Å²) in [4.78, 5) is 29.6. The van der Waals surface area contributed by atoms with Gasteiger partial charge in [0.15, 0.2) is 5.13 Å². The number of thioether (sulfide) groups is 1. The summed E-state index contributed by atoms with van der Waals surface area (Å²) in [6.07, 6.45) is 7.24. The van der Waals surface area contributed by atoms with Gasteiger partial charge in [-0.3, -0.25) is 10.2 Å². The molecule has 10 heteroatoms. The van der Waals surface area contributed by atoms with E-state index in [9.17, 15) is 9.59 Å². The van der Waals surface area contributed by atoms with Gasteiger partial charge in [-0.1, -0.05) is 24.2 Å². The summed E-state index contributed by atoms with van der Waals surface area (Å²) >= 11 is 6.24. The van der Waals surface area contributed by atoms with Crippen molar-refractivity contribution in [3.63, 3.8) is 0 Å². The standard InChI is InChI=1S/C19H22BrN3O3S2.CH4O/c1-26-16-10-14(6-7-15(16)20)23(12-13-4-2-3-5-13)19(25)22-18-21-11-17(28-18)27-9-8-24;1-2/h6-8,10-11,13H,2-5,9,12H2,1H3,(H,21,22,25);2H,1H3. The van der Waals surface area contributed by atoms with Crippen LogP contribution in [0.5, 0.6) is 5.75 Å². The second kappa shape index (κ2) is 12.9. The molecule has 1 aliphatic carbocycles. The first-order valence-electron chi connectivity index (χ1n) is 9.49. The fraction of sp³-hybridized carbons (Fsp3) is 0.450. The number of aliphatic hydroxyl groups excluding tert-OH is 1. The molecule has 1 aliphatic rings.